The van der Waals surface area contributed by atoms with Crippen LogP contribution in [0.4, 0.5) is 0 Å². The summed E-state index contributed by atoms with van der Waals surface area (Å²) < 4.78 is 10.5. The van der Waals surface area contributed by atoms with Crippen LogP contribution in [0, 0.1) is 0 Å². The van der Waals surface area contributed by atoms with Crippen molar-refractivity contribution < 1.29 is 14.3 Å². The summed E-state index contributed by atoms with van der Waals surface area (Å²) in [7, 11) is 3.18. The zero-order valence-corrected chi connectivity index (χ0v) is 17.7. The summed E-state index contributed by atoms with van der Waals surface area (Å²) in [5, 5.41) is 4.05. The minimum atomic E-state index is -0.0848. The van der Waals surface area contributed by atoms with Crippen molar-refractivity contribution in [2.75, 3.05) is 46.9 Å². The van der Waals surface area contributed by atoms with E-state index in [1.807, 2.05) is 18.2 Å². The van der Waals surface area contributed by atoms with Gasteiger partial charge in [0.2, 0.25) is 5.91 Å². The molecule has 1 heterocycles. The van der Waals surface area contributed by atoms with Crippen LogP contribution >= 0.6 is 0 Å². The van der Waals surface area contributed by atoms with Gasteiger partial charge in [0.1, 0.15) is 0 Å². The molecule has 0 unspecified atom stereocenters. The van der Waals surface area contributed by atoms with Gasteiger partial charge in [0.15, 0.2) is 11.5 Å². The fraction of sp³-hybridized carbons (Fsp3) is 0.391. The van der Waals surface area contributed by atoms with E-state index in [4.69, 9.17) is 9.47 Å². The molecule has 0 radical (unpaired) electrons. The predicted molar refractivity (Wildman–Crippen MR) is 118 cm³/mol. The molecule has 3 rings (SSSR count). The lowest BCUT2D eigenvalue weighted by atomic mass is 10.2. The van der Waals surface area contributed by atoms with E-state index in [0.29, 0.717) is 17.9 Å². The monoisotopic (exact) mass is 410 g/mol. The molecule has 1 aliphatic rings. The Balaban J connectivity index is 1.36. The molecule has 160 valence electrons. The number of amides is 1. The van der Waals surface area contributed by atoms with Crippen LogP contribution in [-0.4, -0.2) is 68.9 Å². The first kappa shape index (κ1) is 21.8. The van der Waals surface area contributed by atoms with E-state index in [9.17, 15) is 4.79 Å². The molecule has 0 atom stereocenters. The minimum Gasteiger partial charge on any atom is -0.493 e. The van der Waals surface area contributed by atoms with Crippen LogP contribution in [0.5, 0.6) is 11.5 Å². The van der Waals surface area contributed by atoms with Gasteiger partial charge in [-0.3, -0.25) is 9.69 Å². The number of carbonyl (C=O) groups is 1. The summed E-state index contributed by atoms with van der Waals surface area (Å²) in [6.45, 7) is 5.74. The van der Waals surface area contributed by atoms with Crippen molar-refractivity contribution in [1.29, 1.82) is 0 Å². The van der Waals surface area contributed by atoms with Crippen molar-refractivity contribution in [1.82, 2.24) is 15.2 Å². The number of nitrogens with one attached hydrogen (secondary N) is 1. The Morgan fingerprint density at radius 1 is 1.00 bits per heavy atom. The van der Waals surface area contributed by atoms with Crippen LogP contribution in [0.25, 0.3) is 0 Å². The number of rotatable bonds is 9. The molecule has 0 aliphatic carbocycles. The van der Waals surface area contributed by atoms with Gasteiger partial charge in [-0.2, -0.15) is 5.10 Å². The summed E-state index contributed by atoms with van der Waals surface area (Å²) in [5.41, 5.74) is 4.77. The van der Waals surface area contributed by atoms with E-state index >= 15 is 0 Å². The Bertz CT molecular complexity index is 834. The molecule has 1 amide bonds. The topological polar surface area (TPSA) is 66.4 Å². The first-order valence-electron chi connectivity index (χ1n) is 10.2. The second kappa shape index (κ2) is 11.3. The molecule has 30 heavy (non-hydrogen) atoms. The zero-order chi connectivity index (χ0) is 21.2. The van der Waals surface area contributed by atoms with Gasteiger partial charge in [0.05, 0.1) is 20.4 Å². The fourth-order valence-corrected chi connectivity index (χ4v) is 3.44. The lowest BCUT2D eigenvalue weighted by Gasteiger charge is -2.34. The second-order valence-electron chi connectivity index (χ2n) is 7.26. The maximum Gasteiger partial charge on any atom is 0.241 e. The maximum absolute atomic E-state index is 12.1. The van der Waals surface area contributed by atoms with Gasteiger partial charge in [-0.05, 0) is 29.3 Å². The number of piperazine rings is 1. The van der Waals surface area contributed by atoms with Crippen LogP contribution in [-0.2, 0) is 11.3 Å². The third-order valence-corrected chi connectivity index (χ3v) is 5.18. The van der Waals surface area contributed by atoms with Gasteiger partial charge in [-0.15, -0.1) is 0 Å². The number of ether oxygens (including phenoxy) is 2. The van der Waals surface area contributed by atoms with Crippen LogP contribution < -0.4 is 14.9 Å². The molecule has 2 aromatic carbocycles. The Morgan fingerprint density at radius 2 is 1.70 bits per heavy atom. The minimum absolute atomic E-state index is 0.0848. The second-order valence-corrected chi connectivity index (χ2v) is 7.26. The highest BCUT2D eigenvalue weighted by Crippen LogP contribution is 2.26. The molecule has 1 fully saturated rings. The van der Waals surface area contributed by atoms with Gasteiger partial charge in [-0.25, -0.2) is 5.43 Å². The van der Waals surface area contributed by atoms with Crippen molar-refractivity contribution in [2.45, 2.75) is 13.0 Å². The first-order valence-corrected chi connectivity index (χ1v) is 10.2. The summed E-state index contributed by atoms with van der Waals surface area (Å²) in [4.78, 5) is 16.9. The highest BCUT2D eigenvalue weighted by atomic mass is 16.5. The molecule has 0 bridgehead atoms. The standard InChI is InChI=1S/C23H30N4O3/c1-29-21-9-8-20(16-22(21)30-2)17-24-25-23(28)10-11-26-12-14-27(15-13-26)18-19-6-4-3-5-7-19/h3-9,16-17H,10-15,18H2,1-2H3,(H,25,28)/b24-17+. The normalized spacial score (nSPS) is 15.3. The molecular weight excluding hydrogens is 380 g/mol. The molecule has 7 nitrogen and oxygen atoms in total. The number of methoxy groups -OCH3 is 2. The zero-order valence-electron chi connectivity index (χ0n) is 17.7. The quantitative estimate of drug-likeness (QED) is 0.508. The van der Waals surface area contributed by atoms with Crippen LogP contribution in [0.3, 0.4) is 0 Å². The van der Waals surface area contributed by atoms with Crippen molar-refractivity contribution in [3.63, 3.8) is 0 Å². The summed E-state index contributed by atoms with van der Waals surface area (Å²) in [6.07, 6.45) is 2.03. The van der Waals surface area contributed by atoms with E-state index in [0.717, 1.165) is 44.8 Å². The highest BCUT2D eigenvalue weighted by molar-refractivity contribution is 5.83. The summed E-state index contributed by atoms with van der Waals surface area (Å²) >= 11 is 0. The predicted octanol–water partition coefficient (Wildman–Crippen LogP) is 2.36. The molecule has 0 aromatic heterocycles. The van der Waals surface area contributed by atoms with E-state index in [-0.39, 0.29) is 5.91 Å². The van der Waals surface area contributed by atoms with E-state index in [2.05, 4.69) is 44.6 Å². The van der Waals surface area contributed by atoms with Gasteiger partial charge in [-0.1, -0.05) is 30.3 Å². The lowest BCUT2D eigenvalue weighted by molar-refractivity contribution is -0.121. The molecular formula is C23H30N4O3. The molecule has 2 aromatic rings. The van der Waals surface area contributed by atoms with E-state index in [1.54, 1.807) is 26.5 Å². The SMILES string of the molecule is COc1ccc(/C=N/NC(=O)CCN2CCN(Cc3ccccc3)CC2)cc1OC. The molecule has 0 spiro atoms. The first-order chi connectivity index (χ1) is 14.7. The Morgan fingerprint density at radius 3 is 2.40 bits per heavy atom. The number of nitrogens with zero attached hydrogens (tertiary/aromatic N) is 3. The maximum atomic E-state index is 12.1. The number of benzene rings is 2. The van der Waals surface area contributed by atoms with E-state index in [1.165, 1.54) is 5.56 Å². The molecule has 1 aliphatic heterocycles. The van der Waals surface area contributed by atoms with Crippen LogP contribution in [0.1, 0.15) is 17.5 Å². The molecule has 1 saturated heterocycles. The molecule has 1 N–H and O–H groups in total. The Kier molecular flexibility index (Phi) is 8.23. The van der Waals surface area contributed by atoms with Crippen molar-refractivity contribution in [3.8, 4) is 11.5 Å². The number of carbonyl (C=O) groups excluding carboxylic acids is 1. The van der Waals surface area contributed by atoms with E-state index < -0.39 is 0 Å². The Hall–Kier alpha value is -2.90. The van der Waals surface area contributed by atoms with Crippen LogP contribution in [0.2, 0.25) is 0 Å². The average Bonchev–Trinajstić information content (AvgIpc) is 2.79. The Labute approximate surface area is 178 Å². The van der Waals surface area contributed by atoms with Crippen molar-refractivity contribution >= 4 is 12.1 Å². The van der Waals surface area contributed by atoms with Gasteiger partial charge >= 0.3 is 0 Å². The fourth-order valence-electron chi connectivity index (χ4n) is 3.44. The smallest absolute Gasteiger partial charge is 0.241 e. The number of hydrogen-bond donors (Lipinski definition) is 1. The molecule has 0 saturated carbocycles. The third-order valence-electron chi connectivity index (χ3n) is 5.18. The van der Waals surface area contributed by atoms with Crippen molar-refractivity contribution in [2.24, 2.45) is 5.10 Å². The van der Waals surface area contributed by atoms with Crippen LogP contribution in [0.15, 0.2) is 53.6 Å². The van der Waals surface area contributed by atoms with Gasteiger partial charge in [0.25, 0.3) is 0 Å². The largest absolute Gasteiger partial charge is 0.493 e. The lowest BCUT2D eigenvalue weighted by Crippen LogP contribution is -2.46. The number of hydrogen-bond acceptors (Lipinski definition) is 6. The highest BCUT2D eigenvalue weighted by Gasteiger charge is 2.17. The van der Waals surface area contributed by atoms with Gasteiger partial charge < -0.3 is 14.4 Å². The average molecular weight is 411 g/mol. The third kappa shape index (κ3) is 6.57. The number of hydrazone groups is 1. The summed E-state index contributed by atoms with van der Waals surface area (Å²) in [5.74, 6) is 1.19. The van der Waals surface area contributed by atoms with Crippen molar-refractivity contribution in [3.05, 3.63) is 59.7 Å². The molecule has 7 heteroatoms. The van der Waals surface area contributed by atoms with Gasteiger partial charge in [0, 0.05) is 45.7 Å². The summed E-state index contributed by atoms with van der Waals surface area (Å²) in [6, 6.07) is 16.0.